The predicted molar refractivity (Wildman–Crippen MR) is 101 cm³/mol. The van der Waals surface area contributed by atoms with Gasteiger partial charge in [-0.05, 0) is 49.8 Å². The first-order valence-corrected chi connectivity index (χ1v) is 9.75. The fourth-order valence-corrected chi connectivity index (χ4v) is 4.26. The molecule has 2 fully saturated rings. The van der Waals surface area contributed by atoms with E-state index < -0.39 is 0 Å². The van der Waals surface area contributed by atoms with Crippen molar-refractivity contribution in [2.45, 2.75) is 46.0 Å². The van der Waals surface area contributed by atoms with Gasteiger partial charge in [-0.3, -0.25) is 9.59 Å². The molecule has 1 atom stereocenters. The zero-order chi connectivity index (χ0) is 18.7. The van der Waals surface area contributed by atoms with E-state index in [0.717, 1.165) is 45.3 Å². The van der Waals surface area contributed by atoms with E-state index >= 15 is 0 Å². The van der Waals surface area contributed by atoms with Crippen molar-refractivity contribution in [1.82, 2.24) is 9.80 Å². The average Bonchev–Trinajstić information content (AvgIpc) is 2.62. The fraction of sp³-hybridized carbons (Fsp3) is 0.619. The molecule has 0 saturated carbocycles. The molecule has 0 aliphatic carbocycles. The summed E-state index contributed by atoms with van der Waals surface area (Å²) >= 11 is 0. The summed E-state index contributed by atoms with van der Waals surface area (Å²) in [6, 6.07) is 6.56. The minimum Gasteiger partial charge on any atom is -0.508 e. The Hall–Kier alpha value is -2.04. The van der Waals surface area contributed by atoms with Crippen LogP contribution in [0.1, 0.15) is 56.3 Å². The van der Waals surface area contributed by atoms with Crippen LogP contribution in [0.5, 0.6) is 5.75 Å². The molecule has 1 spiro atoms. The molecule has 0 radical (unpaired) electrons. The van der Waals surface area contributed by atoms with E-state index in [1.165, 1.54) is 6.07 Å². The molecule has 2 saturated heterocycles. The van der Waals surface area contributed by atoms with Crippen LogP contribution in [0.2, 0.25) is 0 Å². The van der Waals surface area contributed by atoms with Gasteiger partial charge >= 0.3 is 0 Å². The lowest BCUT2D eigenvalue weighted by atomic mass is 9.73. The van der Waals surface area contributed by atoms with Gasteiger partial charge in [0.15, 0.2) is 0 Å². The van der Waals surface area contributed by atoms with Gasteiger partial charge in [-0.25, -0.2) is 0 Å². The lowest BCUT2D eigenvalue weighted by molar-refractivity contribution is -0.139. The molecule has 142 valence electrons. The standard InChI is InChI=1S/C21H30N2O3/c1-16(2)8-12-22-14-21(10-7-19(22)25)9-4-11-23(15-21)20(26)17-5-3-6-18(24)13-17/h3,5-6,13,16,24H,4,7-12,14-15H2,1-2H3/t21-/m1/s1. The summed E-state index contributed by atoms with van der Waals surface area (Å²) in [6.07, 6.45) is 4.52. The molecule has 1 aromatic rings. The monoisotopic (exact) mass is 358 g/mol. The number of carbonyl (C=O) groups excluding carboxylic acids is 2. The number of phenolic OH excluding ortho intramolecular Hbond substituents is 1. The second kappa shape index (κ2) is 7.68. The van der Waals surface area contributed by atoms with Crippen LogP contribution in [-0.2, 0) is 4.79 Å². The first-order chi connectivity index (χ1) is 12.4. The number of likely N-dealkylation sites (tertiary alicyclic amines) is 2. The third-order valence-electron chi connectivity index (χ3n) is 5.77. The number of piperidine rings is 2. The second-order valence-corrected chi connectivity index (χ2v) is 8.38. The van der Waals surface area contributed by atoms with Crippen molar-refractivity contribution in [2.24, 2.45) is 11.3 Å². The lowest BCUT2D eigenvalue weighted by Crippen LogP contribution is -2.55. The van der Waals surface area contributed by atoms with Crippen LogP contribution < -0.4 is 0 Å². The van der Waals surface area contributed by atoms with Gasteiger partial charge in [0.25, 0.3) is 5.91 Å². The molecule has 5 nitrogen and oxygen atoms in total. The number of nitrogens with zero attached hydrogens (tertiary/aromatic N) is 2. The summed E-state index contributed by atoms with van der Waals surface area (Å²) in [5.41, 5.74) is 0.556. The van der Waals surface area contributed by atoms with Crippen molar-refractivity contribution in [2.75, 3.05) is 26.2 Å². The summed E-state index contributed by atoms with van der Waals surface area (Å²) in [5.74, 6) is 0.930. The Kier molecular flexibility index (Phi) is 5.54. The zero-order valence-electron chi connectivity index (χ0n) is 15.9. The van der Waals surface area contributed by atoms with Gasteiger partial charge in [0.2, 0.25) is 5.91 Å². The minimum atomic E-state index is -0.0226. The first-order valence-electron chi connectivity index (χ1n) is 9.75. The maximum absolute atomic E-state index is 12.9. The third kappa shape index (κ3) is 4.19. The number of phenols is 1. The smallest absolute Gasteiger partial charge is 0.254 e. The summed E-state index contributed by atoms with van der Waals surface area (Å²) < 4.78 is 0. The molecule has 5 heteroatoms. The van der Waals surface area contributed by atoms with Crippen LogP contribution in [0.15, 0.2) is 24.3 Å². The van der Waals surface area contributed by atoms with Crippen molar-refractivity contribution in [3.63, 3.8) is 0 Å². The van der Waals surface area contributed by atoms with Crippen LogP contribution >= 0.6 is 0 Å². The average molecular weight is 358 g/mol. The number of amides is 2. The Balaban J connectivity index is 1.70. The minimum absolute atomic E-state index is 0.0226. The maximum atomic E-state index is 12.9. The van der Waals surface area contributed by atoms with Crippen LogP contribution in [-0.4, -0.2) is 52.9 Å². The Morgan fingerprint density at radius 3 is 2.81 bits per heavy atom. The van der Waals surface area contributed by atoms with Crippen molar-refractivity contribution < 1.29 is 14.7 Å². The zero-order valence-corrected chi connectivity index (χ0v) is 15.9. The van der Waals surface area contributed by atoms with Crippen molar-refractivity contribution in [3.05, 3.63) is 29.8 Å². The summed E-state index contributed by atoms with van der Waals surface area (Å²) in [5, 5.41) is 9.66. The van der Waals surface area contributed by atoms with E-state index in [2.05, 4.69) is 13.8 Å². The van der Waals surface area contributed by atoms with E-state index in [9.17, 15) is 14.7 Å². The molecule has 0 bridgehead atoms. The second-order valence-electron chi connectivity index (χ2n) is 8.38. The lowest BCUT2D eigenvalue weighted by Gasteiger charge is -2.48. The van der Waals surface area contributed by atoms with Crippen LogP contribution in [0.4, 0.5) is 0 Å². The van der Waals surface area contributed by atoms with Gasteiger partial charge in [0.1, 0.15) is 5.75 Å². The molecule has 0 unspecified atom stereocenters. The van der Waals surface area contributed by atoms with E-state index in [1.54, 1.807) is 18.2 Å². The van der Waals surface area contributed by atoms with Gasteiger partial charge in [-0.2, -0.15) is 0 Å². The van der Waals surface area contributed by atoms with Crippen molar-refractivity contribution >= 4 is 11.8 Å². The normalized spacial score (nSPS) is 23.7. The number of rotatable bonds is 4. The predicted octanol–water partition coefficient (Wildman–Crippen LogP) is 3.28. The molecular weight excluding hydrogens is 328 g/mol. The van der Waals surface area contributed by atoms with E-state index in [0.29, 0.717) is 24.4 Å². The summed E-state index contributed by atoms with van der Waals surface area (Å²) in [6.45, 7) is 7.39. The molecule has 2 amide bonds. The van der Waals surface area contributed by atoms with Gasteiger partial charge < -0.3 is 14.9 Å². The number of carbonyl (C=O) groups is 2. The molecule has 26 heavy (non-hydrogen) atoms. The van der Waals surface area contributed by atoms with Crippen molar-refractivity contribution in [1.29, 1.82) is 0 Å². The fourth-order valence-electron chi connectivity index (χ4n) is 4.26. The van der Waals surface area contributed by atoms with Gasteiger partial charge in [-0.1, -0.05) is 19.9 Å². The molecule has 3 rings (SSSR count). The van der Waals surface area contributed by atoms with Gasteiger partial charge in [0.05, 0.1) is 0 Å². The maximum Gasteiger partial charge on any atom is 0.254 e. The highest BCUT2D eigenvalue weighted by Gasteiger charge is 2.42. The molecule has 1 N–H and O–H groups in total. The first kappa shape index (κ1) is 18.7. The molecule has 1 aromatic carbocycles. The molecule has 2 aliphatic heterocycles. The number of aromatic hydroxyl groups is 1. The van der Waals surface area contributed by atoms with Crippen LogP contribution in [0, 0.1) is 11.3 Å². The largest absolute Gasteiger partial charge is 0.508 e. The quantitative estimate of drug-likeness (QED) is 0.898. The van der Waals surface area contributed by atoms with Crippen LogP contribution in [0.25, 0.3) is 0 Å². The summed E-state index contributed by atoms with van der Waals surface area (Å²) in [7, 11) is 0. The number of hydrogen-bond donors (Lipinski definition) is 1. The highest BCUT2D eigenvalue weighted by molar-refractivity contribution is 5.94. The highest BCUT2D eigenvalue weighted by Crippen LogP contribution is 2.39. The molecular formula is C21H30N2O3. The molecule has 2 heterocycles. The Bertz CT molecular complexity index is 673. The Morgan fingerprint density at radius 2 is 2.08 bits per heavy atom. The number of hydrogen-bond acceptors (Lipinski definition) is 3. The van der Waals surface area contributed by atoms with E-state index in [-0.39, 0.29) is 23.0 Å². The van der Waals surface area contributed by atoms with Crippen LogP contribution in [0.3, 0.4) is 0 Å². The Morgan fingerprint density at radius 1 is 1.27 bits per heavy atom. The van der Waals surface area contributed by atoms with Gasteiger partial charge in [-0.15, -0.1) is 0 Å². The molecule has 2 aliphatic rings. The van der Waals surface area contributed by atoms with Gasteiger partial charge in [0, 0.05) is 43.6 Å². The summed E-state index contributed by atoms with van der Waals surface area (Å²) in [4.78, 5) is 29.1. The highest BCUT2D eigenvalue weighted by atomic mass is 16.3. The SMILES string of the molecule is CC(C)CCN1C[C@@]2(CCCN(C(=O)c3cccc(O)c3)C2)CCC1=O. The third-order valence-corrected chi connectivity index (χ3v) is 5.77. The van der Waals surface area contributed by atoms with E-state index in [4.69, 9.17) is 0 Å². The molecule has 0 aromatic heterocycles. The Labute approximate surface area is 156 Å². The van der Waals surface area contributed by atoms with E-state index in [1.807, 2.05) is 9.80 Å². The van der Waals surface area contributed by atoms with Crippen molar-refractivity contribution in [3.8, 4) is 5.75 Å². The number of benzene rings is 1. The topological polar surface area (TPSA) is 60.9 Å².